The number of likely N-dealkylation sites (tertiary alicyclic amines) is 1. The molecule has 3 rings (SSSR count). The molecule has 24 heavy (non-hydrogen) atoms. The second-order valence-electron chi connectivity index (χ2n) is 6.32. The highest BCUT2D eigenvalue weighted by Gasteiger charge is 2.35. The molecule has 2 saturated heterocycles. The zero-order valence-electron chi connectivity index (χ0n) is 14.0. The van der Waals surface area contributed by atoms with E-state index >= 15 is 0 Å². The number of carbonyl (C=O) groups is 2. The molecule has 2 heterocycles. The maximum Gasteiger partial charge on any atom is 0.227 e. The zero-order valence-corrected chi connectivity index (χ0v) is 14.0. The van der Waals surface area contributed by atoms with Gasteiger partial charge in [0.15, 0.2) is 6.29 Å². The highest BCUT2D eigenvalue weighted by molar-refractivity contribution is 5.88. The summed E-state index contributed by atoms with van der Waals surface area (Å²) >= 11 is 0. The molecule has 1 aromatic rings. The Labute approximate surface area is 142 Å². The third kappa shape index (κ3) is 4.13. The molecule has 2 fully saturated rings. The topological polar surface area (TPSA) is 67.9 Å². The Balaban J connectivity index is 1.63. The van der Waals surface area contributed by atoms with Gasteiger partial charge in [0.05, 0.1) is 25.7 Å². The normalized spacial score (nSPS) is 21.7. The van der Waals surface area contributed by atoms with Crippen LogP contribution in [0.1, 0.15) is 31.7 Å². The number of nitrogens with zero attached hydrogens (tertiary/aromatic N) is 1. The smallest absolute Gasteiger partial charge is 0.227 e. The van der Waals surface area contributed by atoms with Gasteiger partial charge in [-0.15, -0.1) is 0 Å². The maximum absolute atomic E-state index is 12.7. The van der Waals surface area contributed by atoms with E-state index in [4.69, 9.17) is 9.47 Å². The Morgan fingerprint density at radius 3 is 2.54 bits per heavy atom. The van der Waals surface area contributed by atoms with Crippen molar-refractivity contribution >= 4 is 17.5 Å². The average molecular weight is 332 g/mol. The highest BCUT2D eigenvalue weighted by atomic mass is 16.7. The van der Waals surface area contributed by atoms with Crippen molar-refractivity contribution in [2.24, 2.45) is 0 Å². The lowest BCUT2D eigenvalue weighted by Crippen LogP contribution is -2.50. The van der Waals surface area contributed by atoms with Crippen LogP contribution >= 0.6 is 0 Å². The first-order chi connectivity index (χ1) is 11.6. The molecule has 2 aliphatic heterocycles. The third-order valence-electron chi connectivity index (χ3n) is 4.46. The predicted octanol–water partition coefficient (Wildman–Crippen LogP) is 1.94. The van der Waals surface area contributed by atoms with Crippen LogP contribution in [0.15, 0.2) is 24.3 Å². The van der Waals surface area contributed by atoms with Crippen LogP contribution < -0.4 is 5.32 Å². The van der Waals surface area contributed by atoms with Crippen molar-refractivity contribution in [2.75, 3.05) is 25.1 Å². The lowest BCUT2D eigenvalue weighted by atomic mass is 10.00. The molecule has 0 aromatic heterocycles. The summed E-state index contributed by atoms with van der Waals surface area (Å²) in [6.07, 6.45) is 3.12. The molecule has 0 saturated carbocycles. The van der Waals surface area contributed by atoms with Gasteiger partial charge in [0.1, 0.15) is 0 Å². The van der Waals surface area contributed by atoms with E-state index in [0.29, 0.717) is 19.6 Å². The van der Waals surface area contributed by atoms with E-state index in [-0.39, 0.29) is 24.1 Å². The van der Waals surface area contributed by atoms with Crippen molar-refractivity contribution in [3.05, 3.63) is 29.8 Å². The van der Waals surface area contributed by atoms with E-state index in [9.17, 15) is 9.59 Å². The van der Waals surface area contributed by atoms with Gasteiger partial charge in [-0.25, -0.2) is 0 Å². The minimum atomic E-state index is -0.281. The number of nitrogens with one attached hydrogen (secondary N) is 1. The minimum Gasteiger partial charge on any atom is -0.348 e. The van der Waals surface area contributed by atoms with Crippen LogP contribution in [0.3, 0.4) is 0 Å². The number of hydrogen-bond donors (Lipinski definition) is 1. The average Bonchev–Trinajstić information content (AvgIpc) is 3.10. The number of anilines is 1. The van der Waals surface area contributed by atoms with Crippen molar-refractivity contribution in [3.63, 3.8) is 0 Å². The SMILES string of the molecule is CC(=O)Nc1ccc(CC(=O)N2CCCCC2C2OCCO2)cc1. The minimum absolute atomic E-state index is 0.0207. The van der Waals surface area contributed by atoms with Crippen LogP contribution in [0.25, 0.3) is 0 Å². The molecule has 0 spiro atoms. The predicted molar refractivity (Wildman–Crippen MR) is 89.5 cm³/mol. The number of ether oxygens (including phenoxy) is 2. The molecule has 1 unspecified atom stereocenters. The molecule has 2 amide bonds. The van der Waals surface area contributed by atoms with Gasteiger partial charge in [-0.3, -0.25) is 9.59 Å². The molecule has 130 valence electrons. The zero-order chi connectivity index (χ0) is 16.9. The number of piperidine rings is 1. The van der Waals surface area contributed by atoms with E-state index in [1.807, 2.05) is 29.2 Å². The summed E-state index contributed by atoms with van der Waals surface area (Å²) in [6, 6.07) is 7.42. The van der Waals surface area contributed by atoms with Crippen molar-refractivity contribution in [2.45, 2.75) is 44.9 Å². The third-order valence-corrected chi connectivity index (χ3v) is 4.46. The first-order valence-corrected chi connectivity index (χ1v) is 8.53. The number of benzene rings is 1. The Morgan fingerprint density at radius 2 is 1.88 bits per heavy atom. The molecule has 6 nitrogen and oxygen atoms in total. The molecule has 0 bridgehead atoms. The van der Waals surface area contributed by atoms with Gasteiger partial charge >= 0.3 is 0 Å². The van der Waals surface area contributed by atoms with Crippen LogP contribution in [0.4, 0.5) is 5.69 Å². The number of rotatable bonds is 4. The summed E-state index contributed by atoms with van der Waals surface area (Å²) in [5, 5.41) is 2.73. The van der Waals surface area contributed by atoms with Crippen molar-refractivity contribution in [1.29, 1.82) is 0 Å². The van der Waals surface area contributed by atoms with Crippen molar-refractivity contribution in [3.8, 4) is 0 Å². The second kappa shape index (κ2) is 7.77. The molecule has 6 heteroatoms. The van der Waals surface area contributed by atoms with Gasteiger partial charge in [0.2, 0.25) is 11.8 Å². The number of carbonyl (C=O) groups excluding carboxylic acids is 2. The fourth-order valence-electron chi connectivity index (χ4n) is 3.33. The molecular formula is C18H24N2O4. The Bertz CT molecular complexity index is 581. The van der Waals surface area contributed by atoms with E-state index in [2.05, 4.69) is 5.32 Å². The van der Waals surface area contributed by atoms with E-state index < -0.39 is 0 Å². The van der Waals surface area contributed by atoms with Gasteiger partial charge in [-0.2, -0.15) is 0 Å². The quantitative estimate of drug-likeness (QED) is 0.915. The summed E-state index contributed by atoms with van der Waals surface area (Å²) in [6.45, 7) is 3.44. The summed E-state index contributed by atoms with van der Waals surface area (Å²) in [4.78, 5) is 25.7. The first kappa shape index (κ1) is 16.9. The molecule has 2 aliphatic rings. The summed E-state index contributed by atoms with van der Waals surface area (Å²) < 4.78 is 11.2. The number of amides is 2. The van der Waals surface area contributed by atoms with Crippen molar-refractivity contribution < 1.29 is 19.1 Å². The summed E-state index contributed by atoms with van der Waals surface area (Å²) in [7, 11) is 0. The number of hydrogen-bond acceptors (Lipinski definition) is 4. The maximum atomic E-state index is 12.7. The van der Waals surface area contributed by atoms with E-state index in [1.165, 1.54) is 6.92 Å². The lowest BCUT2D eigenvalue weighted by Gasteiger charge is -2.38. The van der Waals surface area contributed by atoms with Crippen LogP contribution in [0, 0.1) is 0 Å². The fourth-order valence-corrected chi connectivity index (χ4v) is 3.33. The van der Waals surface area contributed by atoms with Crippen LogP contribution in [0.5, 0.6) is 0 Å². The Kier molecular flexibility index (Phi) is 5.48. The Hall–Kier alpha value is -1.92. The van der Waals surface area contributed by atoms with E-state index in [0.717, 1.165) is 37.1 Å². The lowest BCUT2D eigenvalue weighted by molar-refractivity contribution is -0.149. The van der Waals surface area contributed by atoms with Crippen LogP contribution in [-0.4, -0.2) is 48.8 Å². The largest absolute Gasteiger partial charge is 0.348 e. The van der Waals surface area contributed by atoms with Gasteiger partial charge in [0, 0.05) is 19.2 Å². The fraction of sp³-hybridized carbons (Fsp3) is 0.556. The molecule has 1 N–H and O–H groups in total. The van der Waals surface area contributed by atoms with Crippen molar-refractivity contribution in [1.82, 2.24) is 4.90 Å². The molecule has 1 atom stereocenters. The van der Waals surface area contributed by atoms with Gasteiger partial charge in [-0.05, 0) is 37.0 Å². The first-order valence-electron chi connectivity index (χ1n) is 8.53. The van der Waals surface area contributed by atoms with E-state index in [1.54, 1.807) is 0 Å². The summed E-state index contributed by atoms with van der Waals surface area (Å²) in [5.74, 6) is -0.00220. The molecule has 0 aliphatic carbocycles. The monoisotopic (exact) mass is 332 g/mol. The van der Waals surface area contributed by atoms with Crippen LogP contribution in [-0.2, 0) is 25.5 Å². The van der Waals surface area contributed by atoms with Gasteiger partial charge in [0.25, 0.3) is 0 Å². The second-order valence-corrected chi connectivity index (χ2v) is 6.32. The molecule has 1 aromatic carbocycles. The summed E-state index contributed by atoms with van der Waals surface area (Å²) in [5.41, 5.74) is 1.67. The Morgan fingerprint density at radius 1 is 1.17 bits per heavy atom. The highest BCUT2D eigenvalue weighted by Crippen LogP contribution is 2.25. The molecular weight excluding hydrogens is 308 g/mol. The van der Waals surface area contributed by atoms with Gasteiger partial charge in [-0.1, -0.05) is 12.1 Å². The molecule has 0 radical (unpaired) electrons. The van der Waals surface area contributed by atoms with Crippen LogP contribution in [0.2, 0.25) is 0 Å². The standard InChI is InChI=1S/C18H24N2O4/c1-13(21)19-15-7-5-14(6-8-15)12-17(22)20-9-3-2-4-16(20)18-23-10-11-24-18/h5-8,16,18H,2-4,9-12H2,1H3,(H,19,21). The van der Waals surface area contributed by atoms with Gasteiger partial charge < -0.3 is 19.7 Å².